The molecule has 0 saturated carbocycles. The van der Waals surface area contributed by atoms with Crippen LogP contribution in [-0.2, 0) is 10.0 Å². The number of hydrogen-bond acceptors (Lipinski definition) is 4. The van der Waals surface area contributed by atoms with E-state index in [1.807, 2.05) is 13.8 Å². The molecule has 1 heterocycles. The standard InChI is InChI=1S/C11H19N3O2S/c1-10(2)14(9-5-7-12)17(15,16)11-6-3-4-8-13-11/h3-4,6,8,10H,5,7,9,12H2,1-2H3. The summed E-state index contributed by atoms with van der Waals surface area (Å²) >= 11 is 0. The van der Waals surface area contributed by atoms with Crippen molar-refractivity contribution in [3.63, 3.8) is 0 Å². The summed E-state index contributed by atoms with van der Waals surface area (Å²) < 4.78 is 26.0. The summed E-state index contributed by atoms with van der Waals surface area (Å²) in [4.78, 5) is 3.90. The summed E-state index contributed by atoms with van der Waals surface area (Å²) in [6.07, 6.45) is 2.12. The minimum absolute atomic E-state index is 0.0886. The minimum Gasteiger partial charge on any atom is -0.330 e. The van der Waals surface area contributed by atoms with Crippen molar-refractivity contribution < 1.29 is 8.42 Å². The molecule has 0 radical (unpaired) electrons. The molecule has 0 spiro atoms. The lowest BCUT2D eigenvalue weighted by Crippen LogP contribution is -2.38. The van der Waals surface area contributed by atoms with Crippen LogP contribution in [0.15, 0.2) is 29.4 Å². The molecule has 1 aromatic heterocycles. The normalized spacial score (nSPS) is 12.3. The zero-order valence-corrected chi connectivity index (χ0v) is 11.0. The van der Waals surface area contributed by atoms with E-state index in [9.17, 15) is 8.42 Å². The lowest BCUT2D eigenvalue weighted by atomic mass is 10.3. The molecule has 6 heteroatoms. The fourth-order valence-corrected chi connectivity index (χ4v) is 3.13. The zero-order chi connectivity index (χ0) is 12.9. The van der Waals surface area contributed by atoms with Crippen LogP contribution in [0.3, 0.4) is 0 Å². The molecular formula is C11H19N3O2S. The number of nitrogens with two attached hydrogens (primary N) is 1. The maximum atomic E-state index is 12.3. The van der Waals surface area contributed by atoms with Crippen LogP contribution in [0, 0.1) is 0 Å². The van der Waals surface area contributed by atoms with E-state index in [4.69, 9.17) is 5.73 Å². The largest absolute Gasteiger partial charge is 0.330 e. The molecule has 17 heavy (non-hydrogen) atoms. The summed E-state index contributed by atoms with van der Waals surface area (Å²) in [6, 6.07) is 4.76. The third-order valence-corrected chi connectivity index (χ3v) is 4.36. The van der Waals surface area contributed by atoms with Crippen molar-refractivity contribution >= 4 is 10.0 Å². The van der Waals surface area contributed by atoms with Crippen LogP contribution in [0.1, 0.15) is 20.3 Å². The number of rotatable bonds is 6. The van der Waals surface area contributed by atoms with Crippen molar-refractivity contribution in [2.45, 2.75) is 31.3 Å². The first-order valence-electron chi connectivity index (χ1n) is 5.63. The second-order valence-corrected chi connectivity index (χ2v) is 5.86. The van der Waals surface area contributed by atoms with Crippen LogP contribution in [0.2, 0.25) is 0 Å². The van der Waals surface area contributed by atoms with Gasteiger partial charge >= 0.3 is 0 Å². The van der Waals surface area contributed by atoms with E-state index in [0.29, 0.717) is 19.5 Å². The molecule has 0 aliphatic carbocycles. The number of hydrogen-bond donors (Lipinski definition) is 1. The highest BCUT2D eigenvalue weighted by Gasteiger charge is 2.27. The van der Waals surface area contributed by atoms with Gasteiger partial charge in [0.15, 0.2) is 5.03 Å². The van der Waals surface area contributed by atoms with Crippen molar-refractivity contribution in [3.05, 3.63) is 24.4 Å². The Bertz CT molecular complexity index is 431. The topological polar surface area (TPSA) is 76.3 Å². The quantitative estimate of drug-likeness (QED) is 0.819. The van der Waals surface area contributed by atoms with Gasteiger partial charge in [-0.25, -0.2) is 13.4 Å². The fraction of sp³-hybridized carbons (Fsp3) is 0.545. The summed E-state index contributed by atoms with van der Waals surface area (Å²) in [5, 5.41) is 0.0886. The predicted octanol–water partition coefficient (Wildman–Crippen LogP) is 0.830. The van der Waals surface area contributed by atoms with E-state index >= 15 is 0 Å². The van der Waals surface area contributed by atoms with Crippen LogP contribution in [-0.4, -0.2) is 36.8 Å². The average molecular weight is 257 g/mol. The second-order valence-electron chi connectivity index (χ2n) is 4.02. The highest BCUT2D eigenvalue weighted by atomic mass is 32.2. The number of pyridine rings is 1. The van der Waals surface area contributed by atoms with Gasteiger partial charge in [-0.05, 0) is 38.9 Å². The van der Waals surface area contributed by atoms with E-state index in [-0.39, 0.29) is 11.1 Å². The van der Waals surface area contributed by atoms with Crippen LogP contribution < -0.4 is 5.73 Å². The first-order chi connectivity index (χ1) is 8.00. The molecular weight excluding hydrogens is 238 g/mol. The third kappa shape index (κ3) is 3.49. The summed E-state index contributed by atoms with van der Waals surface area (Å²) in [6.45, 7) is 4.59. The lowest BCUT2D eigenvalue weighted by Gasteiger charge is -2.25. The van der Waals surface area contributed by atoms with Gasteiger partial charge in [0, 0.05) is 18.8 Å². The van der Waals surface area contributed by atoms with E-state index in [1.54, 1.807) is 12.1 Å². The molecule has 0 atom stereocenters. The first-order valence-corrected chi connectivity index (χ1v) is 7.07. The Hall–Kier alpha value is -0.980. The van der Waals surface area contributed by atoms with E-state index in [2.05, 4.69) is 4.98 Å². The van der Waals surface area contributed by atoms with Gasteiger partial charge in [0.05, 0.1) is 0 Å². The molecule has 0 aromatic carbocycles. The van der Waals surface area contributed by atoms with Crippen LogP contribution >= 0.6 is 0 Å². The van der Waals surface area contributed by atoms with Gasteiger partial charge in [0.2, 0.25) is 0 Å². The van der Waals surface area contributed by atoms with Crippen molar-refractivity contribution in [3.8, 4) is 0 Å². The highest BCUT2D eigenvalue weighted by Crippen LogP contribution is 2.15. The third-order valence-electron chi connectivity index (χ3n) is 2.37. The summed E-state index contributed by atoms with van der Waals surface area (Å²) in [5.74, 6) is 0. The molecule has 0 aliphatic heterocycles. The number of nitrogens with zero attached hydrogens (tertiary/aromatic N) is 2. The van der Waals surface area contributed by atoms with Crippen LogP contribution in [0.25, 0.3) is 0 Å². The van der Waals surface area contributed by atoms with Crippen molar-refractivity contribution in [1.29, 1.82) is 0 Å². The monoisotopic (exact) mass is 257 g/mol. The Morgan fingerprint density at radius 1 is 1.41 bits per heavy atom. The van der Waals surface area contributed by atoms with Crippen LogP contribution in [0.5, 0.6) is 0 Å². The first kappa shape index (κ1) is 14.1. The van der Waals surface area contributed by atoms with Crippen molar-refractivity contribution in [2.75, 3.05) is 13.1 Å². The maximum Gasteiger partial charge on any atom is 0.260 e. The van der Waals surface area contributed by atoms with Gasteiger partial charge in [-0.3, -0.25) is 0 Å². The van der Waals surface area contributed by atoms with Crippen LogP contribution in [0.4, 0.5) is 0 Å². The Balaban J connectivity index is 3.01. The van der Waals surface area contributed by atoms with E-state index in [0.717, 1.165) is 0 Å². The van der Waals surface area contributed by atoms with E-state index in [1.165, 1.54) is 16.6 Å². The molecule has 0 amide bonds. The number of aromatic nitrogens is 1. The SMILES string of the molecule is CC(C)N(CCCN)S(=O)(=O)c1ccccn1. The molecule has 0 fully saturated rings. The van der Waals surface area contributed by atoms with Gasteiger partial charge in [0.1, 0.15) is 0 Å². The Labute approximate surface area is 103 Å². The van der Waals surface area contributed by atoms with Gasteiger partial charge in [-0.1, -0.05) is 6.07 Å². The van der Waals surface area contributed by atoms with Gasteiger partial charge < -0.3 is 5.73 Å². The molecule has 0 saturated heterocycles. The Morgan fingerprint density at radius 3 is 2.59 bits per heavy atom. The molecule has 1 rings (SSSR count). The summed E-state index contributed by atoms with van der Waals surface area (Å²) in [5.41, 5.74) is 5.42. The molecule has 0 bridgehead atoms. The molecule has 2 N–H and O–H groups in total. The molecule has 0 aliphatic rings. The lowest BCUT2D eigenvalue weighted by molar-refractivity contribution is 0.350. The second kappa shape index (κ2) is 6.09. The molecule has 96 valence electrons. The zero-order valence-electron chi connectivity index (χ0n) is 10.2. The van der Waals surface area contributed by atoms with Gasteiger partial charge in [-0.15, -0.1) is 0 Å². The molecule has 5 nitrogen and oxygen atoms in total. The average Bonchev–Trinajstić information content (AvgIpc) is 2.30. The Morgan fingerprint density at radius 2 is 2.12 bits per heavy atom. The summed E-state index contributed by atoms with van der Waals surface area (Å²) in [7, 11) is -3.51. The molecule has 0 unspecified atom stereocenters. The minimum atomic E-state index is -3.51. The predicted molar refractivity (Wildman–Crippen MR) is 66.9 cm³/mol. The maximum absolute atomic E-state index is 12.3. The van der Waals surface area contributed by atoms with E-state index < -0.39 is 10.0 Å². The Kier molecular flexibility index (Phi) is 5.04. The fourth-order valence-electron chi connectivity index (χ4n) is 1.52. The van der Waals surface area contributed by atoms with Crippen molar-refractivity contribution in [1.82, 2.24) is 9.29 Å². The van der Waals surface area contributed by atoms with Gasteiger partial charge in [-0.2, -0.15) is 4.31 Å². The smallest absolute Gasteiger partial charge is 0.260 e. The van der Waals surface area contributed by atoms with Gasteiger partial charge in [0.25, 0.3) is 10.0 Å². The molecule has 1 aromatic rings. The number of sulfonamides is 1. The van der Waals surface area contributed by atoms with Crippen molar-refractivity contribution in [2.24, 2.45) is 5.73 Å². The highest BCUT2D eigenvalue weighted by molar-refractivity contribution is 7.89.